The largest absolute Gasteiger partial charge is 0.274 e. The van der Waals surface area contributed by atoms with Gasteiger partial charge >= 0.3 is 0 Å². The van der Waals surface area contributed by atoms with E-state index in [-0.39, 0.29) is 41.3 Å². The molecule has 1 saturated carbocycles. The summed E-state index contributed by atoms with van der Waals surface area (Å²) in [6.07, 6.45) is 6.81. The van der Waals surface area contributed by atoms with Gasteiger partial charge in [0.05, 0.1) is 18.4 Å². The Labute approximate surface area is 143 Å². The molecular formula is C19H16FN3O2. The first-order chi connectivity index (χ1) is 12.1. The molecule has 4 atom stereocenters. The normalized spacial score (nSPS) is 29.7. The van der Waals surface area contributed by atoms with Gasteiger partial charge in [-0.15, -0.1) is 0 Å². The van der Waals surface area contributed by atoms with Crippen LogP contribution in [0.1, 0.15) is 12.0 Å². The quantitative estimate of drug-likeness (QED) is 0.638. The molecule has 1 saturated heterocycles. The maximum Gasteiger partial charge on any atom is 0.239 e. The van der Waals surface area contributed by atoms with Gasteiger partial charge in [-0.2, -0.15) is 5.10 Å². The highest BCUT2D eigenvalue weighted by molar-refractivity contribution is 6.22. The van der Waals surface area contributed by atoms with Crippen LogP contribution in [-0.2, 0) is 16.1 Å². The fraction of sp³-hybridized carbons (Fsp3) is 0.316. The number of benzene rings is 1. The van der Waals surface area contributed by atoms with E-state index in [4.69, 9.17) is 0 Å². The zero-order valence-electron chi connectivity index (χ0n) is 13.4. The smallest absolute Gasteiger partial charge is 0.239 e. The minimum absolute atomic E-state index is 0.126. The summed E-state index contributed by atoms with van der Waals surface area (Å²) in [5, 5.41) is 4.40. The van der Waals surface area contributed by atoms with Crippen LogP contribution in [0.15, 0.2) is 48.7 Å². The predicted molar refractivity (Wildman–Crippen MR) is 87.9 cm³/mol. The van der Waals surface area contributed by atoms with Crippen LogP contribution in [0, 0.1) is 29.5 Å². The second kappa shape index (κ2) is 5.12. The van der Waals surface area contributed by atoms with Crippen LogP contribution in [0.2, 0.25) is 0 Å². The molecule has 2 bridgehead atoms. The SMILES string of the molecule is O=C1C2C3C=CC(C3)C2C(=O)N1c1ccn(Cc2ccc(F)cc2)n1. The van der Waals surface area contributed by atoms with Crippen LogP contribution < -0.4 is 4.90 Å². The van der Waals surface area contributed by atoms with Crippen LogP contribution in [0.25, 0.3) is 0 Å². The van der Waals surface area contributed by atoms with Gasteiger partial charge in [0.25, 0.3) is 0 Å². The molecule has 5 rings (SSSR count). The fourth-order valence-corrected chi connectivity index (χ4v) is 4.46. The Morgan fingerprint density at radius 3 is 2.28 bits per heavy atom. The Kier molecular flexibility index (Phi) is 2.98. The van der Waals surface area contributed by atoms with E-state index in [2.05, 4.69) is 17.3 Å². The van der Waals surface area contributed by atoms with Gasteiger partial charge < -0.3 is 0 Å². The molecule has 2 fully saturated rings. The van der Waals surface area contributed by atoms with Crippen molar-refractivity contribution in [2.24, 2.45) is 23.7 Å². The number of fused-ring (bicyclic) bond motifs is 5. The van der Waals surface area contributed by atoms with E-state index in [1.54, 1.807) is 29.1 Å². The number of imide groups is 1. The Bertz CT molecular complexity index is 872. The van der Waals surface area contributed by atoms with Crippen LogP contribution in [0.4, 0.5) is 10.2 Å². The maximum atomic E-state index is 13.0. The lowest BCUT2D eigenvalue weighted by atomic mass is 9.85. The van der Waals surface area contributed by atoms with Crippen molar-refractivity contribution in [3.8, 4) is 0 Å². The molecule has 2 aliphatic carbocycles. The summed E-state index contributed by atoms with van der Waals surface area (Å²) < 4.78 is 14.6. The van der Waals surface area contributed by atoms with Crippen LogP contribution in [0.5, 0.6) is 0 Å². The summed E-state index contributed by atoms with van der Waals surface area (Å²) >= 11 is 0. The molecule has 1 aromatic carbocycles. The predicted octanol–water partition coefficient (Wildman–Crippen LogP) is 2.38. The first-order valence-electron chi connectivity index (χ1n) is 8.46. The minimum Gasteiger partial charge on any atom is -0.274 e. The lowest BCUT2D eigenvalue weighted by Crippen LogP contribution is -2.33. The molecule has 3 aliphatic rings. The van der Waals surface area contributed by atoms with Gasteiger partial charge in [-0.25, -0.2) is 9.29 Å². The fourth-order valence-electron chi connectivity index (χ4n) is 4.46. The third kappa shape index (κ3) is 2.10. The molecule has 25 heavy (non-hydrogen) atoms. The zero-order valence-corrected chi connectivity index (χ0v) is 13.4. The molecule has 2 aromatic rings. The van der Waals surface area contributed by atoms with Crippen molar-refractivity contribution >= 4 is 17.6 Å². The molecule has 2 amide bonds. The van der Waals surface area contributed by atoms with Crippen molar-refractivity contribution in [3.05, 3.63) is 60.1 Å². The van der Waals surface area contributed by atoms with Gasteiger partial charge in [0, 0.05) is 12.3 Å². The molecule has 126 valence electrons. The first kappa shape index (κ1) is 14.6. The molecule has 0 spiro atoms. The van der Waals surface area contributed by atoms with Gasteiger partial charge in [-0.1, -0.05) is 24.3 Å². The van der Waals surface area contributed by atoms with Gasteiger partial charge in [0.15, 0.2) is 5.82 Å². The average molecular weight is 337 g/mol. The Hall–Kier alpha value is -2.76. The number of aromatic nitrogens is 2. The van der Waals surface area contributed by atoms with Crippen molar-refractivity contribution in [2.75, 3.05) is 4.90 Å². The second-order valence-electron chi connectivity index (χ2n) is 7.01. The summed E-state index contributed by atoms with van der Waals surface area (Å²) in [6.45, 7) is 0.455. The van der Waals surface area contributed by atoms with Crippen molar-refractivity contribution in [3.63, 3.8) is 0 Å². The number of carbonyl (C=O) groups is 2. The highest BCUT2D eigenvalue weighted by atomic mass is 19.1. The summed E-state index contributed by atoms with van der Waals surface area (Å²) in [4.78, 5) is 26.8. The van der Waals surface area contributed by atoms with Crippen molar-refractivity contribution in [2.45, 2.75) is 13.0 Å². The number of rotatable bonds is 3. The number of anilines is 1. The molecular weight excluding hydrogens is 321 g/mol. The molecule has 0 N–H and O–H groups in total. The Balaban J connectivity index is 1.40. The number of carbonyl (C=O) groups excluding carboxylic acids is 2. The van der Waals surface area contributed by atoms with E-state index >= 15 is 0 Å². The van der Waals surface area contributed by atoms with E-state index < -0.39 is 0 Å². The maximum absolute atomic E-state index is 13.0. The Morgan fingerprint density at radius 2 is 1.64 bits per heavy atom. The van der Waals surface area contributed by atoms with Crippen LogP contribution in [-0.4, -0.2) is 21.6 Å². The lowest BCUT2D eigenvalue weighted by molar-refractivity contribution is -0.123. The third-order valence-electron chi connectivity index (χ3n) is 5.58. The van der Waals surface area contributed by atoms with Crippen molar-refractivity contribution in [1.82, 2.24) is 9.78 Å². The average Bonchev–Trinajstić information content (AvgIpc) is 3.35. The topological polar surface area (TPSA) is 55.2 Å². The van der Waals surface area contributed by atoms with E-state index in [0.717, 1.165) is 12.0 Å². The summed E-state index contributed by atoms with van der Waals surface area (Å²) in [5.74, 6) is -0.207. The number of hydrogen-bond acceptors (Lipinski definition) is 3. The molecule has 4 unspecified atom stereocenters. The molecule has 6 heteroatoms. The first-order valence-corrected chi connectivity index (χ1v) is 8.46. The molecule has 2 heterocycles. The summed E-state index contributed by atoms with van der Waals surface area (Å²) in [5.41, 5.74) is 0.897. The summed E-state index contributed by atoms with van der Waals surface area (Å²) in [6, 6.07) is 7.87. The lowest BCUT2D eigenvalue weighted by Gasteiger charge is -2.14. The van der Waals surface area contributed by atoms with Crippen LogP contribution >= 0.6 is 0 Å². The van der Waals surface area contributed by atoms with Gasteiger partial charge in [-0.05, 0) is 36.0 Å². The standard InChI is InChI=1S/C19H16FN3O2/c20-14-5-1-11(2-6-14)10-22-8-7-15(21-22)23-18(24)16-12-3-4-13(9-12)17(16)19(23)25/h1-8,12-13,16-17H,9-10H2. The number of nitrogens with zero attached hydrogens (tertiary/aromatic N) is 3. The van der Waals surface area contributed by atoms with Crippen molar-refractivity contribution < 1.29 is 14.0 Å². The van der Waals surface area contributed by atoms with Gasteiger partial charge in [0.1, 0.15) is 5.82 Å². The zero-order chi connectivity index (χ0) is 17.1. The number of hydrogen-bond donors (Lipinski definition) is 0. The molecule has 0 radical (unpaired) electrons. The van der Waals surface area contributed by atoms with Crippen LogP contribution in [0.3, 0.4) is 0 Å². The number of allylic oxidation sites excluding steroid dienone is 2. The Morgan fingerprint density at radius 1 is 1.00 bits per heavy atom. The number of halogens is 1. The van der Waals surface area contributed by atoms with E-state index in [0.29, 0.717) is 12.4 Å². The van der Waals surface area contributed by atoms with E-state index in [1.165, 1.54) is 17.0 Å². The minimum atomic E-state index is -0.284. The van der Waals surface area contributed by atoms with E-state index in [1.807, 2.05) is 0 Å². The molecule has 1 aliphatic heterocycles. The molecule has 5 nitrogen and oxygen atoms in total. The second-order valence-corrected chi connectivity index (χ2v) is 7.01. The third-order valence-corrected chi connectivity index (χ3v) is 5.58. The highest BCUT2D eigenvalue weighted by Gasteiger charge is 2.59. The van der Waals surface area contributed by atoms with Crippen molar-refractivity contribution in [1.29, 1.82) is 0 Å². The van der Waals surface area contributed by atoms with Gasteiger partial charge in [-0.3, -0.25) is 14.3 Å². The molecule has 1 aromatic heterocycles. The highest BCUT2D eigenvalue weighted by Crippen LogP contribution is 2.52. The number of amides is 2. The van der Waals surface area contributed by atoms with Gasteiger partial charge in [0.2, 0.25) is 11.8 Å². The monoisotopic (exact) mass is 337 g/mol. The summed E-state index contributed by atoms with van der Waals surface area (Å²) in [7, 11) is 0. The van der Waals surface area contributed by atoms with E-state index in [9.17, 15) is 14.0 Å².